The Bertz CT molecular complexity index is 339. The van der Waals surface area contributed by atoms with Gasteiger partial charge in [0.1, 0.15) is 0 Å². The first kappa shape index (κ1) is 16.2. The molecular formula is C18H31N. The Hall–Kier alpha value is -0.820. The molecule has 0 aromatic heterocycles. The van der Waals surface area contributed by atoms with E-state index in [2.05, 4.69) is 64.2 Å². The maximum absolute atomic E-state index is 3.78. The van der Waals surface area contributed by atoms with Gasteiger partial charge in [-0.2, -0.15) is 0 Å². The van der Waals surface area contributed by atoms with Crippen LogP contribution in [0.2, 0.25) is 0 Å². The lowest BCUT2D eigenvalue weighted by Crippen LogP contribution is -2.30. The van der Waals surface area contributed by atoms with Crippen LogP contribution in [0.1, 0.15) is 71.0 Å². The molecule has 1 aromatic rings. The van der Waals surface area contributed by atoms with Crippen molar-refractivity contribution in [1.82, 2.24) is 5.32 Å². The molecule has 0 fully saturated rings. The Kier molecular flexibility index (Phi) is 7.15. The normalized spacial score (nSPS) is 14.6. The minimum atomic E-state index is 0.494. The number of benzene rings is 1. The minimum absolute atomic E-state index is 0.494. The Morgan fingerprint density at radius 1 is 0.947 bits per heavy atom. The van der Waals surface area contributed by atoms with Crippen LogP contribution in [0.3, 0.4) is 0 Å². The van der Waals surface area contributed by atoms with Crippen LogP contribution in [0, 0.1) is 5.92 Å². The smallest absolute Gasteiger partial charge is 0.0319 e. The Morgan fingerprint density at radius 3 is 2.05 bits per heavy atom. The molecule has 1 aromatic carbocycles. The molecule has 1 rings (SSSR count). The molecule has 0 aliphatic rings. The summed E-state index contributed by atoms with van der Waals surface area (Å²) in [7, 11) is 0. The molecule has 0 saturated carbocycles. The molecule has 0 aliphatic heterocycles. The van der Waals surface area contributed by atoms with Gasteiger partial charge in [0.2, 0.25) is 0 Å². The van der Waals surface area contributed by atoms with Crippen molar-refractivity contribution in [3.8, 4) is 0 Å². The number of hydrogen-bond donors (Lipinski definition) is 1. The quantitative estimate of drug-likeness (QED) is 0.685. The zero-order valence-corrected chi connectivity index (χ0v) is 13.4. The third-order valence-corrected chi connectivity index (χ3v) is 3.86. The first-order valence-electron chi connectivity index (χ1n) is 7.91. The monoisotopic (exact) mass is 261 g/mol. The molecule has 0 spiro atoms. The van der Waals surface area contributed by atoms with E-state index in [0.717, 1.165) is 18.8 Å². The fourth-order valence-corrected chi connectivity index (χ4v) is 2.45. The maximum Gasteiger partial charge on any atom is 0.0319 e. The van der Waals surface area contributed by atoms with Crippen LogP contribution in [-0.4, -0.2) is 6.04 Å². The van der Waals surface area contributed by atoms with Crippen LogP contribution in [0.15, 0.2) is 24.3 Å². The van der Waals surface area contributed by atoms with Gasteiger partial charge in [-0.15, -0.1) is 0 Å². The number of rotatable bonds is 8. The van der Waals surface area contributed by atoms with Gasteiger partial charge in [0.15, 0.2) is 0 Å². The lowest BCUT2D eigenvalue weighted by molar-refractivity contribution is 0.398. The van der Waals surface area contributed by atoms with Crippen molar-refractivity contribution in [3.63, 3.8) is 0 Å². The van der Waals surface area contributed by atoms with E-state index in [1.54, 1.807) is 0 Å². The van der Waals surface area contributed by atoms with Gasteiger partial charge in [-0.05, 0) is 49.7 Å². The van der Waals surface area contributed by atoms with Crippen LogP contribution < -0.4 is 5.32 Å². The van der Waals surface area contributed by atoms with E-state index in [-0.39, 0.29) is 0 Å². The van der Waals surface area contributed by atoms with Crippen LogP contribution >= 0.6 is 0 Å². The topological polar surface area (TPSA) is 12.0 Å². The summed E-state index contributed by atoms with van der Waals surface area (Å²) in [5.41, 5.74) is 2.85. The van der Waals surface area contributed by atoms with Gasteiger partial charge in [0.25, 0.3) is 0 Å². The lowest BCUT2D eigenvalue weighted by atomic mass is 9.99. The van der Waals surface area contributed by atoms with E-state index >= 15 is 0 Å². The second-order valence-electron chi connectivity index (χ2n) is 6.09. The van der Waals surface area contributed by atoms with Gasteiger partial charge in [-0.3, -0.25) is 0 Å². The van der Waals surface area contributed by atoms with Crippen molar-refractivity contribution >= 4 is 0 Å². The first-order chi connectivity index (χ1) is 9.06. The number of nitrogens with one attached hydrogen (secondary N) is 1. The Balaban J connectivity index is 2.56. The molecule has 0 saturated heterocycles. The second-order valence-corrected chi connectivity index (χ2v) is 6.09. The van der Waals surface area contributed by atoms with Gasteiger partial charge in [0.05, 0.1) is 0 Å². The van der Waals surface area contributed by atoms with Gasteiger partial charge >= 0.3 is 0 Å². The van der Waals surface area contributed by atoms with Crippen LogP contribution in [0.25, 0.3) is 0 Å². The highest BCUT2D eigenvalue weighted by molar-refractivity contribution is 5.25. The zero-order chi connectivity index (χ0) is 14.3. The van der Waals surface area contributed by atoms with E-state index < -0.39 is 0 Å². The van der Waals surface area contributed by atoms with E-state index in [0.29, 0.717) is 12.1 Å². The lowest BCUT2D eigenvalue weighted by Gasteiger charge is -2.23. The standard InChI is InChI=1S/C18H31N/c1-6-16-10-12-17(13-11-16)18(7-2)19-15(5)9-8-14(3)4/h10-15,18-19H,6-9H2,1-5H3. The van der Waals surface area contributed by atoms with Gasteiger partial charge < -0.3 is 5.32 Å². The molecule has 1 N–H and O–H groups in total. The molecule has 0 heterocycles. The summed E-state index contributed by atoms with van der Waals surface area (Å²) in [5, 5.41) is 3.78. The summed E-state index contributed by atoms with van der Waals surface area (Å²) in [6.45, 7) is 11.4. The molecular weight excluding hydrogens is 230 g/mol. The first-order valence-corrected chi connectivity index (χ1v) is 7.91. The van der Waals surface area contributed by atoms with Gasteiger partial charge in [-0.25, -0.2) is 0 Å². The van der Waals surface area contributed by atoms with Crippen LogP contribution in [0.4, 0.5) is 0 Å². The second kappa shape index (κ2) is 8.37. The summed E-state index contributed by atoms with van der Waals surface area (Å²) in [4.78, 5) is 0. The molecule has 2 atom stereocenters. The van der Waals surface area contributed by atoms with Crippen molar-refractivity contribution in [1.29, 1.82) is 0 Å². The summed E-state index contributed by atoms with van der Waals surface area (Å²) in [6, 6.07) is 10.2. The van der Waals surface area contributed by atoms with Crippen molar-refractivity contribution in [2.75, 3.05) is 0 Å². The summed E-state index contributed by atoms with van der Waals surface area (Å²) >= 11 is 0. The predicted octanol–water partition coefficient (Wildman–Crippen LogP) is 5.11. The molecule has 0 aliphatic carbocycles. The van der Waals surface area contributed by atoms with Crippen molar-refractivity contribution in [3.05, 3.63) is 35.4 Å². The van der Waals surface area contributed by atoms with Crippen molar-refractivity contribution < 1.29 is 0 Å². The molecule has 2 unspecified atom stereocenters. The highest BCUT2D eigenvalue weighted by atomic mass is 14.9. The van der Waals surface area contributed by atoms with Gasteiger partial charge in [0, 0.05) is 12.1 Å². The van der Waals surface area contributed by atoms with E-state index in [9.17, 15) is 0 Å². The Morgan fingerprint density at radius 2 is 1.58 bits per heavy atom. The maximum atomic E-state index is 3.78. The molecule has 0 bridgehead atoms. The van der Waals surface area contributed by atoms with Crippen molar-refractivity contribution in [2.24, 2.45) is 5.92 Å². The molecule has 0 radical (unpaired) electrons. The number of aryl methyl sites for hydroxylation is 1. The van der Waals surface area contributed by atoms with Crippen LogP contribution in [-0.2, 0) is 6.42 Å². The third-order valence-electron chi connectivity index (χ3n) is 3.86. The average molecular weight is 261 g/mol. The molecule has 1 nitrogen and oxygen atoms in total. The fraction of sp³-hybridized carbons (Fsp3) is 0.667. The molecule has 108 valence electrons. The molecule has 0 amide bonds. The fourth-order valence-electron chi connectivity index (χ4n) is 2.45. The van der Waals surface area contributed by atoms with E-state index in [1.807, 2.05) is 0 Å². The minimum Gasteiger partial charge on any atom is -0.307 e. The predicted molar refractivity (Wildman–Crippen MR) is 85.5 cm³/mol. The molecule has 19 heavy (non-hydrogen) atoms. The zero-order valence-electron chi connectivity index (χ0n) is 13.4. The van der Waals surface area contributed by atoms with Crippen LogP contribution in [0.5, 0.6) is 0 Å². The Labute approximate surface area is 119 Å². The SMILES string of the molecule is CCc1ccc(C(CC)NC(C)CCC(C)C)cc1. The summed E-state index contributed by atoms with van der Waals surface area (Å²) in [5.74, 6) is 0.799. The largest absolute Gasteiger partial charge is 0.307 e. The van der Waals surface area contributed by atoms with Crippen molar-refractivity contribution in [2.45, 2.75) is 72.4 Å². The summed E-state index contributed by atoms with van der Waals surface area (Å²) in [6.07, 6.45) is 4.84. The van der Waals surface area contributed by atoms with E-state index in [1.165, 1.54) is 24.0 Å². The average Bonchev–Trinajstić information content (AvgIpc) is 2.42. The summed E-state index contributed by atoms with van der Waals surface area (Å²) < 4.78 is 0. The number of hydrogen-bond acceptors (Lipinski definition) is 1. The highest BCUT2D eigenvalue weighted by Crippen LogP contribution is 2.19. The molecule has 1 heteroatoms. The van der Waals surface area contributed by atoms with Gasteiger partial charge in [-0.1, -0.05) is 52.0 Å². The highest BCUT2D eigenvalue weighted by Gasteiger charge is 2.12. The third kappa shape index (κ3) is 5.78. The van der Waals surface area contributed by atoms with E-state index in [4.69, 9.17) is 0 Å².